The van der Waals surface area contributed by atoms with E-state index < -0.39 is 10.0 Å². The maximum absolute atomic E-state index is 12.6. The summed E-state index contributed by atoms with van der Waals surface area (Å²) >= 11 is 3.13. The average Bonchev–Trinajstić information content (AvgIpc) is 2.72. The van der Waals surface area contributed by atoms with Crippen molar-refractivity contribution in [3.63, 3.8) is 0 Å². The van der Waals surface area contributed by atoms with Crippen LogP contribution in [0.2, 0.25) is 0 Å². The lowest BCUT2D eigenvalue weighted by Crippen LogP contribution is -2.28. The van der Waals surface area contributed by atoms with Crippen molar-refractivity contribution in [1.82, 2.24) is 19.3 Å². The Bertz CT molecular complexity index is 751. The van der Waals surface area contributed by atoms with Gasteiger partial charge in [-0.15, -0.1) is 5.10 Å². The monoisotopic (exact) mass is 372 g/mol. The zero-order valence-corrected chi connectivity index (χ0v) is 14.7. The zero-order chi connectivity index (χ0) is 15.8. The fourth-order valence-corrected chi connectivity index (χ4v) is 4.26. The Balaban J connectivity index is 2.33. The quantitative estimate of drug-likeness (QED) is 0.822. The molecule has 0 saturated carbocycles. The second-order valence-corrected chi connectivity index (χ2v) is 7.71. The van der Waals surface area contributed by atoms with Crippen LogP contribution in [0, 0.1) is 13.8 Å². The van der Waals surface area contributed by atoms with Crippen molar-refractivity contribution >= 4 is 26.0 Å². The second kappa shape index (κ2) is 5.86. The maximum atomic E-state index is 12.6. The molecule has 0 amide bonds. The van der Waals surface area contributed by atoms with Crippen molar-refractivity contribution < 1.29 is 8.42 Å². The van der Waals surface area contributed by atoms with E-state index in [4.69, 9.17) is 0 Å². The molecule has 1 aromatic heterocycles. The Labute approximate surface area is 132 Å². The summed E-state index contributed by atoms with van der Waals surface area (Å²) in [6.45, 7) is 4.28. The summed E-state index contributed by atoms with van der Waals surface area (Å²) in [5.74, 6) is 0. The van der Waals surface area contributed by atoms with Gasteiger partial charge in [0, 0.05) is 20.6 Å². The summed E-state index contributed by atoms with van der Waals surface area (Å²) < 4.78 is 28.0. The smallest absolute Gasteiger partial charge is 0.235 e. The third kappa shape index (κ3) is 3.17. The molecule has 1 aromatic carbocycles. The highest BCUT2D eigenvalue weighted by atomic mass is 79.9. The predicted octanol–water partition coefficient (Wildman–Crippen LogP) is 2.02. The van der Waals surface area contributed by atoms with E-state index in [-0.39, 0.29) is 9.63 Å². The number of aryl methyl sites for hydroxylation is 3. The molecule has 0 atom stereocenters. The van der Waals surface area contributed by atoms with E-state index >= 15 is 0 Å². The highest BCUT2D eigenvalue weighted by Crippen LogP contribution is 2.23. The van der Waals surface area contributed by atoms with Crippen LogP contribution in [0.25, 0.3) is 0 Å². The van der Waals surface area contributed by atoms with Crippen LogP contribution in [-0.4, -0.2) is 34.8 Å². The summed E-state index contributed by atoms with van der Waals surface area (Å²) in [7, 11) is -0.557. The molecule has 0 bridgehead atoms. The standard InChI is InChI=1S/C13H17BrN4O2S/c1-9-5-6-11(10(2)7-9)8-17(3)21(19,20)13-12(14)15-16-18(13)4/h5-7H,8H2,1-4H3. The molecule has 8 heteroatoms. The normalized spacial score (nSPS) is 12.1. The van der Waals surface area contributed by atoms with Gasteiger partial charge in [0.15, 0.2) is 4.60 Å². The molecule has 0 aliphatic carbocycles. The molecule has 0 radical (unpaired) electrons. The van der Waals surface area contributed by atoms with Gasteiger partial charge in [0.1, 0.15) is 0 Å². The highest BCUT2D eigenvalue weighted by molar-refractivity contribution is 9.10. The minimum absolute atomic E-state index is 0.0507. The minimum atomic E-state index is -3.66. The van der Waals surface area contributed by atoms with Gasteiger partial charge in [-0.2, -0.15) is 4.31 Å². The molecule has 0 saturated heterocycles. The maximum Gasteiger partial charge on any atom is 0.263 e. The van der Waals surface area contributed by atoms with Gasteiger partial charge in [-0.3, -0.25) is 0 Å². The number of aromatic nitrogens is 3. The van der Waals surface area contributed by atoms with Crippen LogP contribution >= 0.6 is 15.9 Å². The van der Waals surface area contributed by atoms with Crippen LogP contribution in [0.4, 0.5) is 0 Å². The van der Waals surface area contributed by atoms with Crippen LogP contribution in [0.15, 0.2) is 27.8 Å². The Hall–Kier alpha value is -1.25. The Morgan fingerprint density at radius 1 is 1.33 bits per heavy atom. The van der Waals surface area contributed by atoms with Gasteiger partial charge in [0.25, 0.3) is 10.0 Å². The van der Waals surface area contributed by atoms with Crippen LogP contribution in [0.3, 0.4) is 0 Å². The average molecular weight is 373 g/mol. The predicted molar refractivity (Wildman–Crippen MR) is 83.3 cm³/mol. The van der Waals surface area contributed by atoms with Gasteiger partial charge in [-0.25, -0.2) is 13.1 Å². The third-order valence-electron chi connectivity index (χ3n) is 3.28. The van der Waals surface area contributed by atoms with Gasteiger partial charge >= 0.3 is 0 Å². The van der Waals surface area contributed by atoms with Gasteiger partial charge in [0.05, 0.1) is 0 Å². The summed E-state index contributed by atoms with van der Waals surface area (Å²) in [5.41, 5.74) is 3.19. The lowest BCUT2D eigenvalue weighted by atomic mass is 10.1. The SMILES string of the molecule is Cc1ccc(CN(C)S(=O)(=O)c2c(Br)nnn2C)c(C)c1. The van der Waals surface area contributed by atoms with Crippen LogP contribution in [-0.2, 0) is 23.6 Å². The number of benzene rings is 1. The van der Waals surface area contributed by atoms with Crippen LogP contribution in [0.1, 0.15) is 16.7 Å². The molecule has 0 fully saturated rings. The van der Waals surface area contributed by atoms with E-state index in [1.54, 1.807) is 14.1 Å². The number of nitrogens with zero attached hydrogens (tertiary/aromatic N) is 4. The Morgan fingerprint density at radius 3 is 2.52 bits per heavy atom. The van der Waals surface area contributed by atoms with Gasteiger partial charge in [-0.1, -0.05) is 29.0 Å². The third-order valence-corrected chi connectivity index (χ3v) is 5.98. The summed E-state index contributed by atoms with van der Waals surface area (Å²) in [5, 5.41) is 7.49. The topological polar surface area (TPSA) is 68.1 Å². The molecular formula is C13H17BrN4O2S. The first-order valence-electron chi connectivity index (χ1n) is 6.31. The molecule has 0 unspecified atom stereocenters. The van der Waals surface area contributed by atoms with E-state index in [2.05, 4.69) is 26.2 Å². The molecule has 0 aliphatic rings. The van der Waals surface area contributed by atoms with Gasteiger partial charge in [-0.05, 0) is 40.9 Å². The Morgan fingerprint density at radius 2 is 2.00 bits per heavy atom. The lowest BCUT2D eigenvalue weighted by Gasteiger charge is -2.18. The van der Waals surface area contributed by atoms with E-state index in [1.165, 1.54) is 8.99 Å². The van der Waals surface area contributed by atoms with E-state index in [0.717, 1.165) is 16.7 Å². The summed E-state index contributed by atoms with van der Waals surface area (Å²) in [4.78, 5) is 0. The molecule has 114 valence electrons. The molecule has 2 aromatic rings. The fraction of sp³-hybridized carbons (Fsp3) is 0.385. The number of sulfonamides is 1. The number of halogens is 1. The largest absolute Gasteiger partial charge is 0.263 e. The first-order valence-corrected chi connectivity index (χ1v) is 8.54. The summed E-state index contributed by atoms with van der Waals surface area (Å²) in [6.07, 6.45) is 0. The number of hydrogen-bond donors (Lipinski definition) is 0. The van der Waals surface area contributed by atoms with Crippen LogP contribution < -0.4 is 0 Å². The first kappa shape index (κ1) is 16.1. The molecule has 0 N–H and O–H groups in total. The fourth-order valence-electron chi connectivity index (χ4n) is 2.09. The van der Waals surface area contributed by atoms with Crippen molar-refractivity contribution in [3.8, 4) is 0 Å². The van der Waals surface area contributed by atoms with Crippen molar-refractivity contribution in [2.24, 2.45) is 7.05 Å². The van der Waals surface area contributed by atoms with Crippen molar-refractivity contribution in [3.05, 3.63) is 39.5 Å². The summed E-state index contributed by atoms with van der Waals surface area (Å²) in [6, 6.07) is 5.97. The van der Waals surface area contributed by atoms with Crippen molar-refractivity contribution in [2.75, 3.05) is 7.05 Å². The first-order chi connectivity index (χ1) is 9.73. The van der Waals surface area contributed by atoms with Gasteiger partial charge < -0.3 is 0 Å². The molecule has 2 rings (SSSR count). The molecule has 0 spiro atoms. The number of hydrogen-bond acceptors (Lipinski definition) is 4. The second-order valence-electron chi connectivity index (χ2n) is 5.00. The van der Waals surface area contributed by atoms with E-state index in [0.29, 0.717) is 6.54 Å². The molecular weight excluding hydrogens is 356 g/mol. The van der Waals surface area contributed by atoms with Crippen molar-refractivity contribution in [1.29, 1.82) is 0 Å². The van der Waals surface area contributed by atoms with E-state index in [9.17, 15) is 8.42 Å². The zero-order valence-electron chi connectivity index (χ0n) is 12.3. The molecule has 0 aliphatic heterocycles. The van der Waals surface area contributed by atoms with Crippen LogP contribution in [0.5, 0.6) is 0 Å². The molecule has 21 heavy (non-hydrogen) atoms. The van der Waals surface area contributed by atoms with Gasteiger partial charge in [0.2, 0.25) is 5.03 Å². The Kier molecular flexibility index (Phi) is 4.50. The van der Waals surface area contributed by atoms with Crippen molar-refractivity contribution in [2.45, 2.75) is 25.4 Å². The van der Waals surface area contributed by atoms with E-state index in [1.807, 2.05) is 32.0 Å². The highest BCUT2D eigenvalue weighted by Gasteiger charge is 2.28. The molecule has 6 nitrogen and oxygen atoms in total. The lowest BCUT2D eigenvalue weighted by molar-refractivity contribution is 0.456. The number of rotatable bonds is 4. The minimum Gasteiger partial charge on any atom is -0.235 e. The molecule has 1 heterocycles.